The van der Waals surface area contributed by atoms with Gasteiger partial charge in [0.1, 0.15) is 18.0 Å². The maximum atomic E-state index is 13.0. The minimum Gasteiger partial charge on any atom is -0.491 e. The molecule has 2 aromatic rings. The molecule has 0 radical (unpaired) electrons. The minimum absolute atomic E-state index is 0.125. The molecule has 10 heteroatoms. The fourth-order valence-electron chi connectivity index (χ4n) is 3.38. The lowest BCUT2D eigenvalue weighted by Crippen LogP contribution is -2.43. The molecule has 1 heterocycles. The molecule has 3 rings (SSSR count). The van der Waals surface area contributed by atoms with Crippen LogP contribution >= 0.6 is 31.9 Å². The quantitative estimate of drug-likeness (QED) is 0.515. The van der Waals surface area contributed by atoms with E-state index >= 15 is 0 Å². The van der Waals surface area contributed by atoms with Crippen LogP contribution in [0.25, 0.3) is 0 Å². The van der Waals surface area contributed by atoms with Gasteiger partial charge in [0.2, 0.25) is 10.0 Å². The zero-order chi connectivity index (χ0) is 23.5. The summed E-state index contributed by atoms with van der Waals surface area (Å²) < 4.78 is 41.3. The number of benzene rings is 2. The zero-order valence-electron chi connectivity index (χ0n) is 18.0. The van der Waals surface area contributed by atoms with Gasteiger partial charge in [-0.3, -0.25) is 0 Å². The Bertz CT molecular complexity index is 1060. The number of carbonyl (C=O) groups is 1. The first-order chi connectivity index (χ1) is 14.9. The topological polar surface area (TPSA) is 84.9 Å². The summed E-state index contributed by atoms with van der Waals surface area (Å²) >= 11 is 6.61. The molecular formula is C22H26Br2N2O5S. The summed E-state index contributed by atoms with van der Waals surface area (Å²) in [5.74, 6) is 0.679. The molecule has 1 saturated heterocycles. The molecule has 0 aliphatic carbocycles. The number of para-hydroxylation sites is 1. The highest BCUT2D eigenvalue weighted by molar-refractivity contribution is 9.11. The Balaban J connectivity index is 1.77. The minimum atomic E-state index is -3.82. The lowest BCUT2D eigenvalue weighted by molar-refractivity contribution is 0.0185. The second-order valence-electron chi connectivity index (χ2n) is 8.54. The van der Waals surface area contributed by atoms with Crippen molar-refractivity contribution in [1.82, 2.24) is 9.62 Å². The monoisotopic (exact) mass is 588 g/mol. The Morgan fingerprint density at radius 3 is 2.50 bits per heavy atom. The van der Waals surface area contributed by atoms with Gasteiger partial charge >= 0.3 is 6.09 Å². The highest BCUT2D eigenvalue weighted by atomic mass is 79.9. The highest BCUT2D eigenvalue weighted by Crippen LogP contribution is 2.28. The van der Waals surface area contributed by atoms with Crippen LogP contribution in [0.2, 0.25) is 0 Å². The third kappa shape index (κ3) is 6.69. The summed E-state index contributed by atoms with van der Waals surface area (Å²) in [7, 11) is -3.82. The maximum Gasteiger partial charge on any atom is 0.410 e. The molecule has 1 fully saturated rings. The number of rotatable bonds is 6. The van der Waals surface area contributed by atoms with Crippen molar-refractivity contribution < 1.29 is 22.7 Å². The number of nitrogens with zero attached hydrogens (tertiary/aromatic N) is 1. The molecule has 1 aliphatic heterocycles. The standard InChI is InChI=1S/C22H26Br2N2O5S/c1-22(2,3)31-21(27)26-13-16(12-17(26)14-30-18-7-5-4-6-8-18)25-32(28,29)20-11-15(23)9-10-19(20)24/h4-11,16-17,25H,12-14H2,1-3H3/t16-,17-/m1/s1. The van der Waals surface area contributed by atoms with Gasteiger partial charge in [0.05, 0.1) is 10.9 Å². The van der Waals surface area contributed by atoms with Crippen LogP contribution in [0.3, 0.4) is 0 Å². The average molecular weight is 590 g/mol. The first-order valence-corrected chi connectivity index (χ1v) is 13.2. The number of nitrogens with one attached hydrogen (secondary N) is 1. The molecule has 0 bridgehead atoms. The van der Waals surface area contributed by atoms with Crippen molar-refractivity contribution in [2.75, 3.05) is 13.2 Å². The fraction of sp³-hybridized carbons (Fsp3) is 0.409. The predicted molar refractivity (Wildman–Crippen MR) is 129 cm³/mol. The van der Waals surface area contributed by atoms with E-state index in [1.165, 1.54) is 11.0 Å². The molecule has 0 saturated carbocycles. The van der Waals surface area contributed by atoms with Crippen LogP contribution in [-0.2, 0) is 14.8 Å². The van der Waals surface area contributed by atoms with Crippen LogP contribution in [-0.4, -0.2) is 50.2 Å². The van der Waals surface area contributed by atoms with E-state index in [1.54, 1.807) is 32.9 Å². The van der Waals surface area contributed by atoms with Gasteiger partial charge < -0.3 is 14.4 Å². The van der Waals surface area contributed by atoms with E-state index in [9.17, 15) is 13.2 Å². The molecular weight excluding hydrogens is 564 g/mol. The third-order valence-electron chi connectivity index (χ3n) is 4.73. The zero-order valence-corrected chi connectivity index (χ0v) is 22.0. The van der Waals surface area contributed by atoms with E-state index in [4.69, 9.17) is 9.47 Å². The first-order valence-electron chi connectivity index (χ1n) is 10.1. The molecule has 0 aromatic heterocycles. The summed E-state index contributed by atoms with van der Waals surface area (Å²) in [6.45, 7) is 5.79. The van der Waals surface area contributed by atoms with Gasteiger partial charge in [-0.1, -0.05) is 34.1 Å². The van der Waals surface area contributed by atoms with Crippen molar-refractivity contribution in [2.24, 2.45) is 0 Å². The Morgan fingerprint density at radius 2 is 1.84 bits per heavy atom. The summed E-state index contributed by atoms with van der Waals surface area (Å²) in [6, 6.07) is 13.4. The normalized spacial score (nSPS) is 19.1. The van der Waals surface area contributed by atoms with Crippen molar-refractivity contribution in [2.45, 2.75) is 49.8 Å². The smallest absolute Gasteiger partial charge is 0.410 e. The third-order valence-corrected chi connectivity index (χ3v) is 7.74. The number of halogens is 2. The van der Waals surface area contributed by atoms with Crippen LogP contribution in [0.4, 0.5) is 4.79 Å². The van der Waals surface area contributed by atoms with E-state index in [0.29, 0.717) is 21.1 Å². The number of sulfonamides is 1. The number of ether oxygens (including phenoxy) is 2. The van der Waals surface area contributed by atoms with E-state index in [1.807, 2.05) is 30.3 Å². The van der Waals surface area contributed by atoms with Gasteiger partial charge in [0.15, 0.2) is 0 Å². The summed E-state index contributed by atoms with van der Waals surface area (Å²) in [5, 5.41) is 0. The Kier molecular flexibility index (Phi) is 7.90. The Labute approximate surface area is 205 Å². The molecule has 0 unspecified atom stereocenters. The van der Waals surface area contributed by atoms with Crippen LogP contribution in [0.5, 0.6) is 5.75 Å². The molecule has 2 aromatic carbocycles. The van der Waals surface area contributed by atoms with E-state index in [2.05, 4.69) is 36.6 Å². The molecule has 0 spiro atoms. The van der Waals surface area contributed by atoms with Crippen molar-refractivity contribution in [1.29, 1.82) is 0 Å². The number of carbonyl (C=O) groups excluding carboxylic acids is 1. The van der Waals surface area contributed by atoms with Gasteiger partial charge in [-0.15, -0.1) is 0 Å². The van der Waals surface area contributed by atoms with Gasteiger partial charge in [-0.05, 0) is 73.5 Å². The first kappa shape index (κ1) is 25.0. The second kappa shape index (κ2) is 10.1. The number of hydrogen-bond donors (Lipinski definition) is 1. The van der Waals surface area contributed by atoms with E-state index in [0.717, 1.165) is 0 Å². The van der Waals surface area contributed by atoms with Crippen molar-refractivity contribution in [3.8, 4) is 5.75 Å². The highest BCUT2D eigenvalue weighted by Gasteiger charge is 2.40. The lowest BCUT2D eigenvalue weighted by atomic mass is 10.2. The summed E-state index contributed by atoms with van der Waals surface area (Å²) in [4.78, 5) is 14.5. The number of amides is 1. The van der Waals surface area contributed by atoms with Crippen molar-refractivity contribution in [3.05, 3.63) is 57.5 Å². The van der Waals surface area contributed by atoms with Gasteiger partial charge in [0.25, 0.3) is 0 Å². The molecule has 7 nitrogen and oxygen atoms in total. The summed E-state index contributed by atoms with van der Waals surface area (Å²) in [6.07, 6.45) is -0.0961. The molecule has 1 N–H and O–H groups in total. The number of hydrogen-bond acceptors (Lipinski definition) is 5. The van der Waals surface area contributed by atoms with E-state index < -0.39 is 27.8 Å². The second-order valence-corrected chi connectivity index (χ2v) is 12.0. The van der Waals surface area contributed by atoms with Crippen LogP contribution < -0.4 is 9.46 Å². The van der Waals surface area contributed by atoms with E-state index in [-0.39, 0.29) is 24.1 Å². The molecule has 1 amide bonds. The Hall–Kier alpha value is -1.62. The van der Waals surface area contributed by atoms with Gasteiger partial charge in [-0.25, -0.2) is 17.9 Å². The van der Waals surface area contributed by atoms with Crippen LogP contribution in [0.15, 0.2) is 62.4 Å². The summed E-state index contributed by atoms with van der Waals surface area (Å²) in [5.41, 5.74) is -0.666. The van der Waals surface area contributed by atoms with Gasteiger partial charge in [0, 0.05) is 21.5 Å². The Morgan fingerprint density at radius 1 is 1.16 bits per heavy atom. The molecule has 174 valence electrons. The van der Waals surface area contributed by atoms with Gasteiger partial charge in [-0.2, -0.15) is 0 Å². The van der Waals surface area contributed by atoms with Crippen LogP contribution in [0.1, 0.15) is 27.2 Å². The van der Waals surface area contributed by atoms with Crippen molar-refractivity contribution >= 4 is 48.0 Å². The molecule has 1 aliphatic rings. The SMILES string of the molecule is CC(C)(C)OC(=O)N1C[C@H](NS(=O)(=O)c2cc(Br)ccc2Br)C[C@@H]1COc1ccccc1. The van der Waals surface area contributed by atoms with Crippen molar-refractivity contribution in [3.63, 3.8) is 0 Å². The predicted octanol–water partition coefficient (Wildman–Crippen LogP) is 4.95. The number of likely N-dealkylation sites (tertiary alicyclic amines) is 1. The molecule has 2 atom stereocenters. The van der Waals surface area contributed by atoms with Crippen LogP contribution in [0, 0.1) is 0 Å². The average Bonchev–Trinajstić information content (AvgIpc) is 3.10. The maximum absolute atomic E-state index is 13.0. The fourth-order valence-corrected chi connectivity index (χ4v) is 6.12. The molecule has 32 heavy (non-hydrogen) atoms. The largest absolute Gasteiger partial charge is 0.491 e. The lowest BCUT2D eigenvalue weighted by Gasteiger charge is -2.28.